The van der Waals surface area contributed by atoms with Crippen LogP contribution >= 0.6 is 0 Å². The predicted octanol–water partition coefficient (Wildman–Crippen LogP) is 4.43. The van der Waals surface area contributed by atoms with Crippen molar-refractivity contribution >= 4 is 11.6 Å². The van der Waals surface area contributed by atoms with Crippen molar-refractivity contribution in [1.29, 1.82) is 0 Å². The van der Waals surface area contributed by atoms with Crippen molar-refractivity contribution in [2.45, 2.75) is 32.2 Å². The summed E-state index contributed by atoms with van der Waals surface area (Å²) < 4.78 is 5.19. The lowest BCUT2D eigenvalue weighted by Crippen LogP contribution is -2.33. The van der Waals surface area contributed by atoms with Crippen molar-refractivity contribution in [1.82, 2.24) is 14.9 Å². The van der Waals surface area contributed by atoms with Crippen LogP contribution in [0.4, 0.5) is 5.69 Å². The summed E-state index contributed by atoms with van der Waals surface area (Å²) in [6.07, 6.45) is 5.66. The Labute approximate surface area is 183 Å². The SMILES string of the molecule is COc1ccc(NC(=O)c2ccc(C)nc2C2CCN(Cc3ccncc3)CC2)cc1. The van der Waals surface area contributed by atoms with Gasteiger partial charge in [-0.3, -0.25) is 19.7 Å². The van der Waals surface area contributed by atoms with E-state index >= 15 is 0 Å². The molecule has 6 nitrogen and oxygen atoms in total. The maximum Gasteiger partial charge on any atom is 0.257 e. The molecule has 0 bridgehead atoms. The maximum absolute atomic E-state index is 13.1. The molecule has 3 heterocycles. The minimum Gasteiger partial charge on any atom is -0.497 e. The van der Waals surface area contributed by atoms with Crippen LogP contribution < -0.4 is 10.1 Å². The van der Waals surface area contributed by atoms with E-state index in [2.05, 4.69) is 27.3 Å². The van der Waals surface area contributed by atoms with Gasteiger partial charge in [0.2, 0.25) is 0 Å². The molecule has 2 aromatic heterocycles. The number of hydrogen-bond acceptors (Lipinski definition) is 5. The fourth-order valence-electron chi connectivity index (χ4n) is 4.06. The molecule has 1 fully saturated rings. The number of likely N-dealkylation sites (tertiary alicyclic amines) is 1. The molecule has 0 atom stereocenters. The number of piperidine rings is 1. The van der Waals surface area contributed by atoms with Gasteiger partial charge in [-0.25, -0.2) is 0 Å². The maximum atomic E-state index is 13.1. The Bertz CT molecular complexity index is 1010. The van der Waals surface area contributed by atoms with Crippen LogP contribution in [0, 0.1) is 6.92 Å². The van der Waals surface area contributed by atoms with Gasteiger partial charge >= 0.3 is 0 Å². The summed E-state index contributed by atoms with van der Waals surface area (Å²) in [5, 5.41) is 3.00. The van der Waals surface area contributed by atoms with Gasteiger partial charge in [0, 0.05) is 36.2 Å². The number of anilines is 1. The lowest BCUT2D eigenvalue weighted by atomic mass is 9.89. The van der Waals surface area contributed by atoms with Crippen LogP contribution in [0.25, 0.3) is 0 Å². The number of ether oxygens (including phenoxy) is 1. The highest BCUT2D eigenvalue weighted by Crippen LogP contribution is 2.30. The van der Waals surface area contributed by atoms with Crippen molar-refractivity contribution in [2.75, 3.05) is 25.5 Å². The number of benzene rings is 1. The number of nitrogens with zero attached hydrogens (tertiary/aromatic N) is 3. The second-order valence-corrected chi connectivity index (χ2v) is 7.97. The molecule has 4 rings (SSSR count). The second-order valence-electron chi connectivity index (χ2n) is 7.97. The van der Waals surface area contributed by atoms with Gasteiger partial charge in [0.25, 0.3) is 5.91 Å². The first kappa shape index (κ1) is 21.0. The van der Waals surface area contributed by atoms with E-state index in [0.717, 1.165) is 55.3 Å². The zero-order valence-electron chi connectivity index (χ0n) is 18.0. The molecule has 0 radical (unpaired) electrons. The molecule has 31 heavy (non-hydrogen) atoms. The topological polar surface area (TPSA) is 67.3 Å². The van der Waals surface area contributed by atoms with Gasteiger partial charge in [0.15, 0.2) is 0 Å². The molecule has 3 aromatic rings. The number of hydrogen-bond donors (Lipinski definition) is 1. The molecule has 160 valence electrons. The molecule has 0 unspecified atom stereocenters. The highest BCUT2D eigenvalue weighted by atomic mass is 16.5. The van der Waals surface area contributed by atoms with Gasteiger partial charge in [-0.1, -0.05) is 0 Å². The van der Waals surface area contributed by atoms with Crippen LogP contribution in [0.15, 0.2) is 60.9 Å². The van der Waals surface area contributed by atoms with Gasteiger partial charge in [0.1, 0.15) is 5.75 Å². The van der Waals surface area contributed by atoms with E-state index in [1.807, 2.05) is 55.7 Å². The summed E-state index contributed by atoms with van der Waals surface area (Å²) in [4.78, 5) is 24.4. The molecule has 1 aliphatic heterocycles. The second kappa shape index (κ2) is 9.71. The number of aromatic nitrogens is 2. The zero-order chi connectivity index (χ0) is 21.6. The molecule has 6 heteroatoms. The van der Waals surface area contributed by atoms with E-state index in [1.54, 1.807) is 7.11 Å². The van der Waals surface area contributed by atoms with Gasteiger partial charge < -0.3 is 10.1 Å². The lowest BCUT2D eigenvalue weighted by molar-refractivity contribution is 0.102. The third-order valence-corrected chi connectivity index (χ3v) is 5.79. The van der Waals surface area contributed by atoms with Gasteiger partial charge in [0.05, 0.1) is 18.4 Å². The van der Waals surface area contributed by atoms with Crippen LogP contribution in [0.1, 0.15) is 46.1 Å². The predicted molar refractivity (Wildman–Crippen MR) is 121 cm³/mol. The molecule has 1 aromatic carbocycles. The first-order chi connectivity index (χ1) is 15.1. The van der Waals surface area contributed by atoms with E-state index in [1.165, 1.54) is 5.56 Å². The quantitative estimate of drug-likeness (QED) is 0.644. The van der Waals surface area contributed by atoms with E-state index in [4.69, 9.17) is 9.72 Å². The van der Waals surface area contributed by atoms with Gasteiger partial charge in [-0.15, -0.1) is 0 Å². The summed E-state index contributed by atoms with van der Waals surface area (Å²) in [5.41, 5.74) is 4.53. The van der Waals surface area contributed by atoms with E-state index in [-0.39, 0.29) is 11.8 Å². The molecule has 0 aliphatic carbocycles. The Hall–Kier alpha value is -3.25. The largest absolute Gasteiger partial charge is 0.497 e. The lowest BCUT2D eigenvalue weighted by Gasteiger charge is -2.32. The third-order valence-electron chi connectivity index (χ3n) is 5.79. The van der Waals surface area contributed by atoms with Crippen molar-refractivity contribution in [2.24, 2.45) is 0 Å². The molecular weight excluding hydrogens is 388 g/mol. The number of amides is 1. The first-order valence-corrected chi connectivity index (χ1v) is 10.7. The van der Waals surface area contributed by atoms with E-state index < -0.39 is 0 Å². The zero-order valence-corrected chi connectivity index (χ0v) is 18.0. The number of carbonyl (C=O) groups is 1. The molecule has 1 saturated heterocycles. The Balaban J connectivity index is 1.45. The van der Waals surface area contributed by atoms with Crippen molar-refractivity contribution < 1.29 is 9.53 Å². The summed E-state index contributed by atoms with van der Waals surface area (Å²) in [5.74, 6) is 0.923. The molecule has 0 saturated carbocycles. The van der Waals surface area contributed by atoms with Gasteiger partial charge in [-0.2, -0.15) is 0 Å². The average Bonchev–Trinajstić information content (AvgIpc) is 2.80. The van der Waals surface area contributed by atoms with Crippen molar-refractivity contribution in [3.63, 3.8) is 0 Å². The smallest absolute Gasteiger partial charge is 0.257 e. The van der Waals surface area contributed by atoms with Crippen LogP contribution in [0.3, 0.4) is 0 Å². The van der Waals surface area contributed by atoms with E-state index in [9.17, 15) is 4.79 Å². The summed E-state index contributed by atoms with van der Waals surface area (Å²) in [6.45, 7) is 4.89. The highest BCUT2D eigenvalue weighted by Gasteiger charge is 2.26. The first-order valence-electron chi connectivity index (χ1n) is 10.7. The minimum absolute atomic E-state index is 0.119. The van der Waals surface area contributed by atoms with Crippen molar-refractivity contribution in [3.8, 4) is 5.75 Å². The van der Waals surface area contributed by atoms with Crippen molar-refractivity contribution in [3.05, 3.63) is 83.4 Å². The fourth-order valence-corrected chi connectivity index (χ4v) is 4.06. The number of pyridine rings is 2. The average molecular weight is 417 g/mol. The Kier molecular flexibility index (Phi) is 6.57. The standard InChI is InChI=1S/C25H28N4O2/c1-18-3-8-23(25(30)28-21-4-6-22(31-2)7-5-21)24(27-18)20-11-15-29(16-12-20)17-19-9-13-26-14-10-19/h3-10,13-14,20H,11-12,15-17H2,1-2H3,(H,28,30). The van der Waals surface area contributed by atoms with Crippen LogP contribution in [0.2, 0.25) is 0 Å². The normalized spacial score (nSPS) is 14.9. The molecule has 0 spiro atoms. The molecule has 1 N–H and O–H groups in total. The monoisotopic (exact) mass is 416 g/mol. The Morgan fingerprint density at radius 1 is 1.06 bits per heavy atom. The highest BCUT2D eigenvalue weighted by molar-refractivity contribution is 6.05. The number of carbonyl (C=O) groups excluding carboxylic acids is 1. The molecular formula is C25H28N4O2. The number of nitrogens with one attached hydrogen (secondary N) is 1. The number of rotatable bonds is 6. The fraction of sp³-hybridized carbons (Fsp3) is 0.320. The number of aryl methyl sites for hydroxylation is 1. The van der Waals surface area contributed by atoms with Crippen LogP contribution in [0.5, 0.6) is 5.75 Å². The van der Waals surface area contributed by atoms with Crippen LogP contribution in [-0.2, 0) is 6.54 Å². The molecule has 1 amide bonds. The van der Waals surface area contributed by atoms with E-state index in [0.29, 0.717) is 5.56 Å². The Morgan fingerprint density at radius 3 is 2.45 bits per heavy atom. The Morgan fingerprint density at radius 2 is 1.77 bits per heavy atom. The minimum atomic E-state index is -0.119. The summed E-state index contributed by atoms with van der Waals surface area (Å²) in [6, 6.07) is 15.3. The van der Waals surface area contributed by atoms with Crippen LogP contribution in [-0.4, -0.2) is 41.0 Å². The summed E-state index contributed by atoms with van der Waals surface area (Å²) >= 11 is 0. The summed E-state index contributed by atoms with van der Waals surface area (Å²) in [7, 11) is 1.63. The molecule has 1 aliphatic rings. The van der Waals surface area contributed by atoms with Gasteiger partial charge in [-0.05, 0) is 86.9 Å². The third kappa shape index (κ3) is 5.27. The number of methoxy groups -OCH3 is 1.